The second-order valence-electron chi connectivity index (χ2n) is 13.5. The Kier molecular flexibility index (Phi) is 16.0. The number of fused-ring (bicyclic) bond motifs is 1. The molecule has 4 rings (SSSR count). The smallest absolute Gasteiger partial charge is 0.328 e. The van der Waals surface area contributed by atoms with Crippen LogP contribution in [0.2, 0.25) is 0 Å². The van der Waals surface area contributed by atoms with Gasteiger partial charge in [-0.2, -0.15) is 0 Å². The SMILES string of the molecule is CC1=C(/C=C/C(C)=C/C=C/C(C)=C/C(=O)O)C(C)(C)CC/C1=N\OCC(=O)NCCOCCOCCNC(=O)c1csc(C(=O)c2c[nH]c3ccccc23)n1. The van der Waals surface area contributed by atoms with Crippen LogP contribution in [0.15, 0.2) is 99.7 Å². The maximum atomic E-state index is 12.9. The number of carboxylic acid groups (broad SMARTS) is 1. The van der Waals surface area contributed by atoms with Crippen molar-refractivity contribution in [1.29, 1.82) is 0 Å². The number of amides is 2. The number of hydrogen-bond donors (Lipinski definition) is 4. The van der Waals surface area contributed by atoms with E-state index in [1.807, 2.05) is 56.3 Å². The Balaban J connectivity index is 1.08. The number of aromatic nitrogens is 2. The minimum absolute atomic E-state index is 0.0642. The van der Waals surface area contributed by atoms with E-state index in [1.165, 1.54) is 0 Å². The van der Waals surface area contributed by atoms with Crippen LogP contribution in [0, 0.1) is 5.41 Å². The summed E-state index contributed by atoms with van der Waals surface area (Å²) < 4.78 is 11.0. The zero-order valence-corrected chi connectivity index (χ0v) is 32.7. The molecule has 1 aromatic carbocycles. The molecule has 2 amide bonds. The number of ether oxygens (including phenoxy) is 2. The van der Waals surface area contributed by atoms with Gasteiger partial charge in [0.2, 0.25) is 5.78 Å². The maximum Gasteiger partial charge on any atom is 0.328 e. The fraction of sp³-hybridized carbons (Fsp3) is 0.366. The van der Waals surface area contributed by atoms with E-state index in [2.05, 4.69) is 45.7 Å². The van der Waals surface area contributed by atoms with Crippen molar-refractivity contribution in [2.45, 2.75) is 47.5 Å². The van der Waals surface area contributed by atoms with Crippen LogP contribution in [0.1, 0.15) is 73.3 Å². The van der Waals surface area contributed by atoms with Gasteiger partial charge in [0, 0.05) is 41.6 Å². The third-order valence-electron chi connectivity index (χ3n) is 8.74. The molecule has 0 aliphatic heterocycles. The van der Waals surface area contributed by atoms with Gasteiger partial charge in [-0.1, -0.05) is 73.2 Å². The van der Waals surface area contributed by atoms with Crippen molar-refractivity contribution in [3.05, 3.63) is 111 Å². The van der Waals surface area contributed by atoms with Crippen LogP contribution >= 0.6 is 11.3 Å². The predicted octanol–water partition coefficient (Wildman–Crippen LogP) is 6.33. The van der Waals surface area contributed by atoms with Gasteiger partial charge in [-0.25, -0.2) is 9.78 Å². The number of carbonyl (C=O) groups is 4. The molecule has 1 aliphatic rings. The number of nitrogens with one attached hydrogen (secondary N) is 3. The van der Waals surface area contributed by atoms with Crippen molar-refractivity contribution in [2.75, 3.05) is 46.1 Å². The Morgan fingerprint density at radius 2 is 1.75 bits per heavy atom. The first-order valence-corrected chi connectivity index (χ1v) is 18.8. The van der Waals surface area contributed by atoms with Crippen molar-refractivity contribution in [3.63, 3.8) is 0 Å². The van der Waals surface area contributed by atoms with Crippen LogP contribution in [0.5, 0.6) is 0 Å². The van der Waals surface area contributed by atoms with Gasteiger partial charge in [0.05, 0.1) is 37.7 Å². The fourth-order valence-corrected chi connectivity index (χ4v) is 6.49. The number of carbonyl (C=O) groups excluding carboxylic acids is 3. The summed E-state index contributed by atoms with van der Waals surface area (Å²) in [4.78, 5) is 61.2. The van der Waals surface area contributed by atoms with Crippen LogP contribution in [0.25, 0.3) is 10.9 Å². The summed E-state index contributed by atoms with van der Waals surface area (Å²) in [6, 6.07) is 7.50. The van der Waals surface area contributed by atoms with E-state index in [1.54, 1.807) is 24.6 Å². The zero-order valence-electron chi connectivity index (χ0n) is 31.9. The number of aromatic amines is 1. The van der Waals surface area contributed by atoms with E-state index in [-0.39, 0.29) is 53.5 Å². The molecule has 55 heavy (non-hydrogen) atoms. The molecule has 2 heterocycles. The molecular formula is C41H49N5O8S. The lowest BCUT2D eigenvalue weighted by Crippen LogP contribution is -2.31. The van der Waals surface area contributed by atoms with Crippen molar-refractivity contribution in [2.24, 2.45) is 10.6 Å². The molecule has 1 aliphatic carbocycles. The van der Waals surface area contributed by atoms with Gasteiger partial charge in [0.25, 0.3) is 11.8 Å². The Morgan fingerprint density at radius 1 is 1.02 bits per heavy atom. The van der Waals surface area contributed by atoms with Gasteiger partial charge in [-0.05, 0) is 61.8 Å². The summed E-state index contributed by atoms with van der Waals surface area (Å²) in [5, 5.41) is 21.2. The Hall–Kier alpha value is -5.44. The van der Waals surface area contributed by atoms with Crippen molar-refractivity contribution in [1.82, 2.24) is 20.6 Å². The number of aliphatic carboxylic acids is 1. The van der Waals surface area contributed by atoms with Gasteiger partial charge < -0.3 is 35.0 Å². The first-order valence-electron chi connectivity index (χ1n) is 18.0. The molecule has 0 unspecified atom stereocenters. The van der Waals surface area contributed by atoms with Gasteiger partial charge in [-0.15, -0.1) is 11.3 Å². The first kappa shape index (κ1) is 42.3. The lowest BCUT2D eigenvalue weighted by atomic mass is 9.72. The summed E-state index contributed by atoms with van der Waals surface area (Å²) >= 11 is 1.13. The molecule has 0 fully saturated rings. The van der Waals surface area contributed by atoms with Gasteiger partial charge >= 0.3 is 5.97 Å². The second-order valence-corrected chi connectivity index (χ2v) is 14.4. The summed E-state index contributed by atoms with van der Waals surface area (Å²) in [6.45, 7) is 11.6. The highest BCUT2D eigenvalue weighted by atomic mass is 32.1. The highest BCUT2D eigenvalue weighted by Gasteiger charge is 2.30. The number of rotatable bonds is 20. The molecule has 0 atom stereocenters. The molecule has 14 heteroatoms. The number of ketones is 1. The van der Waals surface area contributed by atoms with Crippen molar-refractivity contribution < 1.29 is 38.6 Å². The number of nitrogens with zero attached hydrogens (tertiary/aromatic N) is 2. The quantitative estimate of drug-likeness (QED) is 0.0335. The zero-order chi connectivity index (χ0) is 39.8. The standard InChI is InChI=1S/C41H49N5O8S/c1-27(9-8-10-28(2)23-37(48)49)13-14-32-29(3)33(15-16-41(32,4)5)46-54-25-36(47)42-17-19-52-21-22-53-20-18-43-39(51)35-26-55-40(45-35)38(50)31-24-44-34-12-7-6-11-30(31)34/h6-14,23-24,26,44H,15-22,25H2,1-5H3,(H,42,47)(H,43,51)(H,48,49)/b10-8+,14-13+,27-9+,28-23+,46-33+. The Bertz CT molecular complexity index is 2030. The van der Waals surface area contributed by atoms with Crippen LogP contribution in [0.3, 0.4) is 0 Å². The highest BCUT2D eigenvalue weighted by molar-refractivity contribution is 7.12. The highest BCUT2D eigenvalue weighted by Crippen LogP contribution is 2.40. The van der Waals surface area contributed by atoms with Gasteiger partial charge in [-0.3, -0.25) is 14.4 Å². The average molecular weight is 772 g/mol. The fourth-order valence-electron chi connectivity index (χ4n) is 5.73. The van der Waals surface area contributed by atoms with E-state index in [9.17, 15) is 19.2 Å². The molecule has 0 spiro atoms. The number of benzene rings is 1. The van der Waals surface area contributed by atoms with E-state index >= 15 is 0 Å². The van der Waals surface area contributed by atoms with Crippen LogP contribution in [-0.2, 0) is 23.9 Å². The average Bonchev–Trinajstić information content (AvgIpc) is 3.81. The summed E-state index contributed by atoms with van der Waals surface area (Å²) in [7, 11) is 0. The van der Waals surface area contributed by atoms with Gasteiger partial charge in [0.15, 0.2) is 11.6 Å². The lowest BCUT2D eigenvalue weighted by Gasteiger charge is -2.33. The summed E-state index contributed by atoms with van der Waals surface area (Å²) in [5.74, 6) is -1.91. The molecule has 0 saturated heterocycles. The topological polar surface area (TPSA) is 181 Å². The van der Waals surface area contributed by atoms with Crippen LogP contribution in [-0.4, -0.2) is 90.5 Å². The number of carboxylic acids is 1. The molecule has 0 saturated carbocycles. The monoisotopic (exact) mass is 771 g/mol. The van der Waals surface area contributed by atoms with E-state index in [0.717, 1.165) is 63.6 Å². The Labute approximate surface area is 324 Å². The lowest BCUT2D eigenvalue weighted by molar-refractivity contribution is -0.131. The van der Waals surface area contributed by atoms with Crippen LogP contribution < -0.4 is 10.6 Å². The number of allylic oxidation sites excluding steroid dienone is 9. The summed E-state index contributed by atoms with van der Waals surface area (Å²) in [6.07, 6.45) is 14.0. The number of hydrogen-bond acceptors (Lipinski definition) is 10. The molecule has 292 valence electrons. The van der Waals surface area contributed by atoms with E-state index < -0.39 is 5.97 Å². The minimum atomic E-state index is -0.975. The molecule has 4 N–H and O–H groups in total. The van der Waals surface area contributed by atoms with Crippen LogP contribution in [0.4, 0.5) is 0 Å². The van der Waals surface area contributed by atoms with Crippen molar-refractivity contribution in [3.8, 4) is 0 Å². The van der Waals surface area contributed by atoms with E-state index in [4.69, 9.17) is 19.4 Å². The molecule has 3 aromatic rings. The normalized spacial score (nSPS) is 15.7. The largest absolute Gasteiger partial charge is 0.478 e. The molecule has 2 aromatic heterocycles. The molecule has 0 radical (unpaired) electrons. The molecule has 0 bridgehead atoms. The predicted molar refractivity (Wildman–Crippen MR) is 213 cm³/mol. The number of H-pyrrole nitrogens is 1. The Morgan fingerprint density at radius 3 is 2.49 bits per heavy atom. The molecule has 13 nitrogen and oxygen atoms in total. The number of para-hydroxylation sites is 1. The van der Waals surface area contributed by atoms with Gasteiger partial charge in [0.1, 0.15) is 5.69 Å². The van der Waals surface area contributed by atoms with E-state index in [0.29, 0.717) is 37.5 Å². The number of thiazole rings is 1. The molecular weight excluding hydrogens is 723 g/mol. The maximum absolute atomic E-state index is 12.9. The third-order valence-corrected chi connectivity index (χ3v) is 9.58. The first-order chi connectivity index (χ1) is 26.4. The number of oxime groups is 1. The van der Waals surface area contributed by atoms with Crippen molar-refractivity contribution >= 4 is 51.5 Å². The summed E-state index contributed by atoms with van der Waals surface area (Å²) in [5.41, 5.74) is 6.09. The minimum Gasteiger partial charge on any atom is -0.478 e. The third kappa shape index (κ3) is 13.1. The second kappa shape index (κ2) is 20.9.